The van der Waals surface area contributed by atoms with Crippen molar-refractivity contribution in [3.63, 3.8) is 0 Å². The number of nitrogens with one attached hydrogen (secondary N) is 1. The van der Waals surface area contributed by atoms with E-state index in [-0.39, 0.29) is 24.5 Å². The standard InChI is InChI=1S/C16H21N5O3/c1-2-20-14(13-6-5-10(9-22)24-13)18-19-16(20)21-7-3-4-11-12(21)8-17-15(11)23/h5-6,11-12,22H,2-4,7-9H2,1H3,(H,17,23)/t11-,12-/m1/s1. The summed E-state index contributed by atoms with van der Waals surface area (Å²) >= 11 is 0. The Kier molecular flexibility index (Phi) is 3.76. The molecule has 4 heterocycles. The highest BCUT2D eigenvalue weighted by Gasteiger charge is 2.42. The zero-order valence-electron chi connectivity index (χ0n) is 13.6. The third-order valence-corrected chi connectivity index (χ3v) is 4.94. The van der Waals surface area contributed by atoms with Gasteiger partial charge < -0.3 is 19.7 Å². The number of aliphatic hydroxyl groups excluding tert-OH is 1. The van der Waals surface area contributed by atoms with E-state index in [4.69, 9.17) is 4.42 Å². The number of hydrogen-bond acceptors (Lipinski definition) is 6. The van der Waals surface area contributed by atoms with Crippen molar-refractivity contribution in [1.29, 1.82) is 0 Å². The van der Waals surface area contributed by atoms with Gasteiger partial charge in [0.15, 0.2) is 5.76 Å². The summed E-state index contributed by atoms with van der Waals surface area (Å²) in [6, 6.07) is 3.67. The predicted molar refractivity (Wildman–Crippen MR) is 86.2 cm³/mol. The van der Waals surface area contributed by atoms with Crippen LogP contribution in [0.5, 0.6) is 0 Å². The molecule has 24 heavy (non-hydrogen) atoms. The first-order valence-electron chi connectivity index (χ1n) is 8.40. The van der Waals surface area contributed by atoms with Gasteiger partial charge in [-0.15, -0.1) is 10.2 Å². The molecular formula is C16H21N5O3. The number of piperidine rings is 1. The fraction of sp³-hybridized carbons (Fsp3) is 0.562. The Balaban J connectivity index is 1.70. The minimum atomic E-state index is -0.142. The summed E-state index contributed by atoms with van der Waals surface area (Å²) in [5, 5.41) is 20.8. The van der Waals surface area contributed by atoms with Crippen LogP contribution in [-0.2, 0) is 17.9 Å². The Hall–Kier alpha value is -2.35. The second kappa shape index (κ2) is 5.94. The molecule has 8 heteroatoms. The van der Waals surface area contributed by atoms with E-state index < -0.39 is 0 Å². The van der Waals surface area contributed by atoms with Crippen LogP contribution in [0.15, 0.2) is 16.5 Å². The van der Waals surface area contributed by atoms with E-state index in [1.807, 2.05) is 11.5 Å². The van der Waals surface area contributed by atoms with E-state index in [2.05, 4.69) is 20.4 Å². The van der Waals surface area contributed by atoms with Gasteiger partial charge in [-0.3, -0.25) is 9.36 Å². The van der Waals surface area contributed by atoms with Gasteiger partial charge in [0.05, 0.1) is 12.0 Å². The number of anilines is 1. The van der Waals surface area contributed by atoms with Gasteiger partial charge in [-0.2, -0.15) is 0 Å². The van der Waals surface area contributed by atoms with Crippen molar-refractivity contribution in [3.8, 4) is 11.6 Å². The molecule has 0 radical (unpaired) electrons. The maximum Gasteiger partial charge on any atom is 0.227 e. The Morgan fingerprint density at radius 1 is 1.42 bits per heavy atom. The van der Waals surface area contributed by atoms with Crippen LogP contribution in [-0.4, -0.2) is 44.9 Å². The van der Waals surface area contributed by atoms with Crippen molar-refractivity contribution >= 4 is 11.9 Å². The van der Waals surface area contributed by atoms with Crippen LogP contribution in [0.1, 0.15) is 25.5 Å². The minimum absolute atomic E-state index is 0.0359. The number of nitrogens with zero attached hydrogens (tertiary/aromatic N) is 4. The van der Waals surface area contributed by atoms with Crippen molar-refractivity contribution in [2.45, 2.75) is 39.0 Å². The molecule has 0 unspecified atom stereocenters. The molecule has 0 saturated carbocycles. The Morgan fingerprint density at radius 2 is 2.29 bits per heavy atom. The van der Waals surface area contributed by atoms with Crippen molar-refractivity contribution in [2.24, 2.45) is 5.92 Å². The average Bonchev–Trinajstić information content (AvgIpc) is 3.32. The van der Waals surface area contributed by atoms with Gasteiger partial charge in [0, 0.05) is 19.6 Å². The van der Waals surface area contributed by atoms with Crippen molar-refractivity contribution in [1.82, 2.24) is 20.1 Å². The number of rotatable bonds is 4. The van der Waals surface area contributed by atoms with Crippen LogP contribution >= 0.6 is 0 Å². The SMILES string of the molecule is CCn1c(-c2ccc(CO)o2)nnc1N1CCC[C@H]2C(=O)NC[C@H]21. The number of carbonyl (C=O) groups is 1. The fourth-order valence-corrected chi connectivity index (χ4v) is 3.76. The summed E-state index contributed by atoms with van der Waals surface area (Å²) in [4.78, 5) is 14.2. The van der Waals surface area contributed by atoms with Gasteiger partial charge in [-0.1, -0.05) is 0 Å². The number of aromatic nitrogens is 3. The summed E-state index contributed by atoms with van der Waals surface area (Å²) < 4.78 is 7.61. The lowest BCUT2D eigenvalue weighted by molar-refractivity contribution is -0.123. The molecule has 128 valence electrons. The van der Waals surface area contributed by atoms with Gasteiger partial charge in [0.1, 0.15) is 12.4 Å². The van der Waals surface area contributed by atoms with Crippen molar-refractivity contribution in [2.75, 3.05) is 18.0 Å². The molecule has 0 spiro atoms. The van der Waals surface area contributed by atoms with Crippen LogP contribution in [0.25, 0.3) is 11.6 Å². The smallest absolute Gasteiger partial charge is 0.227 e. The number of hydrogen-bond donors (Lipinski definition) is 2. The van der Waals surface area contributed by atoms with E-state index in [1.165, 1.54) is 0 Å². The summed E-state index contributed by atoms with van der Waals surface area (Å²) in [5.41, 5.74) is 0. The zero-order valence-corrected chi connectivity index (χ0v) is 13.6. The molecule has 2 aliphatic heterocycles. The van der Waals surface area contributed by atoms with E-state index in [0.717, 1.165) is 25.3 Å². The third kappa shape index (κ3) is 2.29. The number of furan rings is 1. The van der Waals surface area contributed by atoms with Gasteiger partial charge in [-0.05, 0) is 31.9 Å². The molecular weight excluding hydrogens is 310 g/mol. The molecule has 2 saturated heterocycles. The lowest BCUT2D eigenvalue weighted by Crippen LogP contribution is -2.46. The fourth-order valence-electron chi connectivity index (χ4n) is 3.76. The monoisotopic (exact) mass is 331 g/mol. The van der Waals surface area contributed by atoms with Crippen LogP contribution in [0.2, 0.25) is 0 Å². The first-order chi connectivity index (χ1) is 11.7. The molecule has 0 aliphatic carbocycles. The summed E-state index contributed by atoms with van der Waals surface area (Å²) in [7, 11) is 0. The van der Waals surface area contributed by atoms with E-state index in [9.17, 15) is 9.90 Å². The maximum atomic E-state index is 12.0. The van der Waals surface area contributed by atoms with Crippen LogP contribution in [0.4, 0.5) is 5.95 Å². The van der Waals surface area contributed by atoms with Gasteiger partial charge in [0.2, 0.25) is 17.7 Å². The zero-order chi connectivity index (χ0) is 16.7. The lowest BCUT2D eigenvalue weighted by atomic mass is 9.92. The van der Waals surface area contributed by atoms with E-state index in [0.29, 0.717) is 30.4 Å². The van der Waals surface area contributed by atoms with Crippen molar-refractivity contribution in [3.05, 3.63) is 17.9 Å². The highest BCUT2D eigenvalue weighted by molar-refractivity contribution is 5.83. The Morgan fingerprint density at radius 3 is 3.04 bits per heavy atom. The Labute approximate surface area is 139 Å². The topological polar surface area (TPSA) is 96.4 Å². The molecule has 0 aromatic carbocycles. The number of amides is 1. The maximum absolute atomic E-state index is 12.0. The first-order valence-corrected chi connectivity index (χ1v) is 8.40. The number of carbonyl (C=O) groups excluding carboxylic acids is 1. The summed E-state index contributed by atoms with van der Waals surface area (Å²) in [6.45, 7) is 4.11. The number of aliphatic hydroxyl groups is 1. The predicted octanol–water partition coefficient (Wildman–Crippen LogP) is 0.765. The van der Waals surface area contributed by atoms with Gasteiger partial charge in [0.25, 0.3) is 0 Å². The molecule has 2 N–H and O–H groups in total. The van der Waals surface area contributed by atoms with Crippen LogP contribution in [0, 0.1) is 5.92 Å². The minimum Gasteiger partial charge on any atom is -0.455 e. The highest BCUT2D eigenvalue weighted by Crippen LogP contribution is 2.32. The molecule has 2 atom stereocenters. The van der Waals surface area contributed by atoms with Gasteiger partial charge >= 0.3 is 0 Å². The molecule has 2 aromatic rings. The average molecular weight is 331 g/mol. The molecule has 1 amide bonds. The summed E-state index contributed by atoms with van der Waals surface area (Å²) in [6.07, 6.45) is 1.90. The van der Waals surface area contributed by atoms with E-state index >= 15 is 0 Å². The Bertz CT molecular complexity index is 753. The summed E-state index contributed by atoms with van der Waals surface area (Å²) in [5.74, 6) is 2.70. The second-order valence-corrected chi connectivity index (χ2v) is 6.25. The molecule has 2 aliphatic rings. The normalized spacial score (nSPS) is 23.4. The molecule has 4 rings (SSSR count). The van der Waals surface area contributed by atoms with Gasteiger partial charge in [-0.25, -0.2) is 0 Å². The first kappa shape index (κ1) is 15.2. The molecule has 8 nitrogen and oxygen atoms in total. The van der Waals surface area contributed by atoms with Crippen molar-refractivity contribution < 1.29 is 14.3 Å². The van der Waals surface area contributed by atoms with E-state index in [1.54, 1.807) is 12.1 Å². The number of fused-ring (bicyclic) bond motifs is 1. The molecule has 2 fully saturated rings. The highest BCUT2D eigenvalue weighted by atomic mass is 16.4. The molecule has 0 bridgehead atoms. The molecule has 2 aromatic heterocycles. The third-order valence-electron chi connectivity index (χ3n) is 4.94. The second-order valence-electron chi connectivity index (χ2n) is 6.25. The quantitative estimate of drug-likeness (QED) is 0.859. The largest absolute Gasteiger partial charge is 0.455 e. The lowest BCUT2D eigenvalue weighted by Gasteiger charge is -2.36. The van der Waals surface area contributed by atoms with Crippen LogP contribution < -0.4 is 10.2 Å². The van der Waals surface area contributed by atoms with Crippen LogP contribution in [0.3, 0.4) is 0 Å².